The van der Waals surface area contributed by atoms with E-state index in [-0.39, 0.29) is 0 Å². The van der Waals surface area contributed by atoms with E-state index >= 15 is 0 Å². The second-order valence-electron chi connectivity index (χ2n) is 8.12. The largest absolute Gasteiger partial charge is 0.379 e. The molecule has 2 aliphatic rings. The van der Waals surface area contributed by atoms with Crippen molar-refractivity contribution >= 4 is 11.5 Å². The first-order valence-electron chi connectivity index (χ1n) is 10.5. The maximum absolute atomic E-state index is 5.52. The summed E-state index contributed by atoms with van der Waals surface area (Å²) in [6.45, 7) is 14.9. The van der Waals surface area contributed by atoms with Gasteiger partial charge in [0.15, 0.2) is 5.65 Å². The van der Waals surface area contributed by atoms with Crippen LogP contribution in [0.4, 0.5) is 5.82 Å². The van der Waals surface area contributed by atoms with Crippen LogP contribution in [0.15, 0.2) is 6.07 Å². The number of hydrogen-bond acceptors (Lipinski definition) is 5. The van der Waals surface area contributed by atoms with Gasteiger partial charge < -0.3 is 9.64 Å². The summed E-state index contributed by atoms with van der Waals surface area (Å²) in [6, 6.07) is 2.89. The van der Waals surface area contributed by atoms with E-state index in [0.717, 1.165) is 68.8 Å². The maximum atomic E-state index is 5.52. The third kappa shape index (κ3) is 3.57. The lowest BCUT2D eigenvalue weighted by atomic mass is 9.89. The Morgan fingerprint density at radius 1 is 1.15 bits per heavy atom. The van der Waals surface area contributed by atoms with Gasteiger partial charge in [-0.3, -0.25) is 4.90 Å². The van der Waals surface area contributed by atoms with Crippen LogP contribution in [0.3, 0.4) is 0 Å². The third-order valence-corrected chi connectivity index (χ3v) is 6.62. The van der Waals surface area contributed by atoms with Gasteiger partial charge in [0, 0.05) is 49.5 Å². The monoisotopic (exact) mass is 371 g/mol. The third-order valence-electron chi connectivity index (χ3n) is 6.62. The van der Waals surface area contributed by atoms with E-state index in [1.54, 1.807) is 0 Å². The SMILES string of the molecule is CCc1cc(N2CCC([C@H](C)N3CCOCC3)CC2)n2nc(C)c(C)c2n1. The molecule has 4 rings (SSSR count). The van der Waals surface area contributed by atoms with Gasteiger partial charge >= 0.3 is 0 Å². The number of aryl methyl sites for hydroxylation is 3. The van der Waals surface area contributed by atoms with Crippen molar-refractivity contribution in [2.24, 2.45) is 5.92 Å². The molecule has 6 heteroatoms. The number of morpholine rings is 1. The Bertz CT molecular complexity index is 787. The predicted molar refractivity (Wildman–Crippen MR) is 109 cm³/mol. The molecule has 0 radical (unpaired) electrons. The summed E-state index contributed by atoms with van der Waals surface area (Å²) in [5.74, 6) is 1.98. The fraction of sp³-hybridized carbons (Fsp3) is 0.714. The van der Waals surface area contributed by atoms with Crippen molar-refractivity contribution in [1.82, 2.24) is 19.5 Å². The standard InChI is InChI=1S/C21H33N5O/c1-5-19-14-20(26-21(22-19)15(2)16(3)23-26)25-8-6-18(7-9-25)17(4)24-10-12-27-13-11-24/h14,17-18H,5-13H2,1-4H3/t17-/m0/s1. The number of hydrogen-bond donors (Lipinski definition) is 0. The van der Waals surface area contributed by atoms with Gasteiger partial charge in [-0.1, -0.05) is 6.92 Å². The first kappa shape index (κ1) is 18.7. The van der Waals surface area contributed by atoms with E-state index in [1.807, 2.05) is 0 Å². The van der Waals surface area contributed by atoms with Crippen molar-refractivity contribution in [2.75, 3.05) is 44.3 Å². The van der Waals surface area contributed by atoms with E-state index in [2.05, 4.69) is 48.1 Å². The van der Waals surface area contributed by atoms with Gasteiger partial charge in [0.05, 0.1) is 18.9 Å². The molecule has 0 spiro atoms. The van der Waals surface area contributed by atoms with Gasteiger partial charge in [-0.25, -0.2) is 4.98 Å². The molecule has 2 aliphatic heterocycles. The number of piperidine rings is 1. The molecule has 2 fully saturated rings. The average molecular weight is 372 g/mol. The molecule has 0 unspecified atom stereocenters. The van der Waals surface area contributed by atoms with Crippen molar-refractivity contribution in [2.45, 2.75) is 53.0 Å². The molecular formula is C21H33N5O. The van der Waals surface area contributed by atoms with Gasteiger partial charge in [0.25, 0.3) is 0 Å². The van der Waals surface area contributed by atoms with E-state index in [4.69, 9.17) is 14.8 Å². The number of rotatable bonds is 4. The topological polar surface area (TPSA) is 45.9 Å². The van der Waals surface area contributed by atoms with Crippen molar-refractivity contribution in [3.8, 4) is 0 Å². The van der Waals surface area contributed by atoms with Crippen molar-refractivity contribution in [3.05, 3.63) is 23.0 Å². The molecule has 2 aromatic heterocycles. The van der Waals surface area contributed by atoms with E-state index in [1.165, 1.54) is 24.2 Å². The smallest absolute Gasteiger partial charge is 0.160 e. The Kier molecular flexibility index (Phi) is 5.37. The minimum absolute atomic E-state index is 0.647. The first-order valence-corrected chi connectivity index (χ1v) is 10.5. The fourth-order valence-electron chi connectivity index (χ4n) is 4.56. The molecule has 0 bridgehead atoms. The molecule has 0 N–H and O–H groups in total. The van der Waals surface area contributed by atoms with E-state index in [0.29, 0.717) is 6.04 Å². The Balaban J connectivity index is 1.51. The molecule has 0 aromatic carbocycles. The van der Waals surface area contributed by atoms with Crippen LogP contribution < -0.4 is 4.90 Å². The van der Waals surface area contributed by atoms with E-state index < -0.39 is 0 Å². The van der Waals surface area contributed by atoms with Gasteiger partial charge in [-0.05, 0) is 46.0 Å². The molecule has 2 saturated heterocycles. The van der Waals surface area contributed by atoms with Crippen LogP contribution in [0.2, 0.25) is 0 Å². The van der Waals surface area contributed by atoms with Gasteiger partial charge in [-0.15, -0.1) is 0 Å². The van der Waals surface area contributed by atoms with Crippen molar-refractivity contribution < 1.29 is 4.74 Å². The summed E-state index contributed by atoms with van der Waals surface area (Å²) >= 11 is 0. The highest BCUT2D eigenvalue weighted by Crippen LogP contribution is 2.29. The average Bonchev–Trinajstić information content (AvgIpc) is 3.01. The number of nitrogens with zero attached hydrogens (tertiary/aromatic N) is 5. The fourth-order valence-corrected chi connectivity index (χ4v) is 4.56. The summed E-state index contributed by atoms with van der Waals surface area (Å²) in [4.78, 5) is 9.96. The molecule has 4 heterocycles. The Morgan fingerprint density at radius 2 is 1.85 bits per heavy atom. The van der Waals surface area contributed by atoms with Gasteiger partial charge in [0.2, 0.25) is 0 Å². The van der Waals surface area contributed by atoms with Crippen LogP contribution in [0.5, 0.6) is 0 Å². The molecule has 0 amide bonds. The second-order valence-corrected chi connectivity index (χ2v) is 8.12. The highest BCUT2D eigenvalue weighted by molar-refractivity contribution is 5.57. The Hall–Kier alpha value is -1.66. The van der Waals surface area contributed by atoms with Crippen LogP contribution in [0, 0.1) is 19.8 Å². The lowest BCUT2D eigenvalue weighted by Gasteiger charge is -2.41. The lowest BCUT2D eigenvalue weighted by Crippen LogP contribution is -2.48. The molecule has 1 atom stereocenters. The zero-order valence-corrected chi connectivity index (χ0v) is 17.2. The molecule has 148 valence electrons. The van der Waals surface area contributed by atoms with Crippen molar-refractivity contribution in [1.29, 1.82) is 0 Å². The number of ether oxygens (including phenoxy) is 1. The van der Waals surface area contributed by atoms with Crippen LogP contribution in [0.25, 0.3) is 5.65 Å². The number of fused-ring (bicyclic) bond motifs is 1. The second kappa shape index (κ2) is 7.76. The first-order chi connectivity index (χ1) is 13.1. The van der Waals surface area contributed by atoms with Crippen LogP contribution >= 0.6 is 0 Å². The molecule has 2 aromatic rings. The zero-order valence-electron chi connectivity index (χ0n) is 17.2. The molecule has 0 saturated carbocycles. The maximum Gasteiger partial charge on any atom is 0.160 e. The highest BCUT2D eigenvalue weighted by Gasteiger charge is 2.29. The summed E-state index contributed by atoms with van der Waals surface area (Å²) in [6.07, 6.45) is 3.43. The summed E-state index contributed by atoms with van der Waals surface area (Å²) in [5.41, 5.74) is 4.45. The van der Waals surface area contributed by atoms with Gasteiger partial charge in [-0.2, -0.15) is 9.61 Å². The molecule has 0 aliphatic carbocycles. The molecule has 6 nitrogen and oxygen atoms in total. The summed E-state index contributed by atoms with van der Waals surface area (Å²) < 4.78 is 7.59. The minimum Gasteiger partial charge on any atom is -0.379 e. The van der Waals surface area contributed by atoms with E-state index in [9.17, 15) is 0 Å². The van der Waals surface area contributed by atoms with Gasteiger partial charge in [0.1, 0.15) is 5.82 Å². The molecule has 27 heavy (non-hydrogen) atoms. The lowest BCUT2D eigenvalue weighted by molar-refractivity contribution is 0.00447. The summed E-state index contributed by atoms with van der Waals surface area (Å²) in [7, 11) is 0. The number of anilines is 1. The quantitative estimate of drug-likeness (QED) is 0.827. The predicted octanol–water partition coefficient (Wildman–Crippen LogP) is 2.85. The number of aromatic nitrogens is 3. The normalized spacial score (nSPS) is 21.1. The van der Waals surface area contributed by atoms with Crippen LogP contribution in [0.1, 0.15) is 43.6 Å². The van der Waals surface area contributed by atoms with Crippen LogP contribution in [-0.4, -0.2) is 64.9 Å². The minimum atomic E-state index is 0.647. The summed E-state index contributed by atoms with van der Waals surface area (Å²) in [5, 5.41) is 4.78. The Labute approximate surface area is 162 Å². The van der Waals surface area contributed by atoms with Crippen molar-refractivity contribution in [3.63, 3.8) is 0 Å². The van der Waals surface area contributed by atoms with Crippen LogP contribution in [-0.2, 0) is 11.2 Å². The highest BCUT2D eigenvalue weighted by atomic mass is 16.5. The zero-order chi connectivity index (χ0) is 19.0. The Morgan fingerprint density at radius 3 is 2.52 bits per heavy atom. The molecular weight excluding hydrogens is 338 g/mol.